The van der Waals surface area contributed by atoms with Gasteiger partial charge in [-0.2, -0.15) is 8.42 Å². The Hall–Kier alpha value is -1.76. The molecular weight excluding hydrogens is 362 g/mol. The molecule has 25 heavy (non-hydrogen) atoms. The van der Waals surface area contributed by atoms with Crippen molar-refractivity contribution >= 4 is 21.7 Å². The van der Waals surface area contributed by atoms with Crippen LogP contribution in [0.25, 0.3) is 0 Å². The van der Waals surface area contributed by atoms with Crippen molar-refractivity contribution in [1.82, 2.24) is 4.90 Å². The van der Waals surface area contributed by atoms with Gasteiger partial charge in [-0.15, -0.1) is 0 Å². The van der Waals surface area contributed by atoms with Crippen LogP contribution in [0.1, 0.15) is 6.42 Å². The Bertz CT molecular complexity index is 735. The van der Waals surface area contributed by atoms with Crippen LogP contribution in [0.5, 0.6) is 11.5 Å². The van der Waals surface area contributed by atoms with E-state index in [-0.39, 0.29) is 5.75 Å². The zero-order chi connectivity index (χ0) is 18.1. The van der Waals surface area contributed by atoms with Crippen LogP contribution in [0.3, 0.4) is 0 Å². The number of halogens is 1. The predicted octanol–water partition coefficient (Wildman–Crippen LogP) is 3.45. The monoisotopic (exact) mass is 383 g/mol. The molecule has 0 aliphatic heterocycles. The highest BCUT2D eigenvalue weighted by molar-refractivity contribution is 7.87. The van der Waals surface area contributed by atoms with Gasteiger partial charge in [-0.1, -0.05) is 29.8 Å². The van der Waals surface area contributed by atoms with E-state index in [1.54, 1.807) is 42.5 Å². The van der Waals surface area contributed by atoms with Crippen LogP contribution < -0.4 is 8.92 Å². The van der Waals surface area contributed by atoms with E-state index >= 15 is 0 Å². The zero-order valence-corrected chi connectivity index (χ0v) is 15.7. The molecule has 0 saturated carbocycles. The second-order valence-corrected chi connectivity index (χ2v) is 7.74. The van der Waals surface area contributed by atoms with Crippen molar-refractivity contribution in [2.24, 2.45) is 0 Å². The van der Waals surface area contributed by atoms with E-state index in [0.29, 0.717) is 23.9 Å². The molecule has 2 rings (SSSR count). The van der Waals surface area contributed by atoms with Crippen LogP contribution in [0.2, 0.25) is 5.02 Å². The van der Waals surface area contributed by atoms with E-state index in [4.69, 9.17) is 20.5 Å². The summed E-state index contributed by atoms with van der Waals surface area (Å²) in [6.45, 7) is 1.68. The first-order valence-corrected chi connectivity index (χ1v) is 9.94. The Balaban J connectivity index is 1.64. The van der Waals surface area contributed by atoms with Crippen LogP contribution in [-0.4, -0.2) is 45.8 Å². The summed E-state index contributed by atoms with van der Waals surface area (Å²) < 4.78 is 34.6. The van der Waals surface area contributed by atoms with E-state index in [1.807, 2.05) is 24.1 Å². The minimum Gasteiger partial charge on any atom is -0.494 e. The molecule has 0 saturated heterocycles. The summed E-state index contributed by atoms with van der Waals surface area (Å²) in [5, 5.41) is 0.672. The molecule has 0 aliphatic rings. The summed E-state index contributed by atoms with van der Waals surface area (Å²) in [6, 6.07) is 15.7. The van der Waals surface area contributed by atoms with Crippen molar-refractivity contribution in [1.29, 1.82) is 0 Å². The molecule has 5 nitrogen and oxygen atoms in total. The van der Waals surface area contributed by atoms with Crippen molar-refractivity contribution < 1.29 is 17.3 Å². The van der Waals surface area contributed by atoms with Gasteiger partial charge in [-0.25, -0.2) is 0 Å². The minimum atomic E-state index is -3.59. The quantitative estimate of drug-likeness (QED) is 0.464. The largest absolute Gasteiger partial charge is 0.494 e. The normalized spacial score (nSPS) is 11.5. The van der Waals surface area contributed by atoms with E-state index < -0.39 is 10.1 Å². The van der Waals surface area contributed by atoms with E-state index in [9.17, 15) is 8.42 Å². The molecule has 0 bridgehead atoms. The molecule has 2 aromatic rings. The molecule has 0 fully saturated rings. The van der Waals surface area contributed by atoms with Gasteiger partial charge in [0.15, 0.2) is 0 Å². The van der Waals surface area contributed by atoms with Gasteiger partial charge in [0.2, 0.25) is 0 Å². The van der Waals surface area contributed by atoms with Crippen molar-refractivity contribution in [3.8, 4) is 11.5 Å². The molecule has 0 heterocycles. The van der Waals surface area contributed by atoms with Crippen LogP contribution in [0.4, 0.5) is 0 Å². The minimum absolute atomic E-state index is 0.0591. The smallest absolute Gasteiger partial charge is 0.310 e. The molecule has 0 spiro atoms. The van der Waals surface area contributed by atoms with Crippen molar-refractivity contribution in [2.75, 3.05) is 32.5 Å². The Morgan fingerprint density at radius 2 is 1.64 bits per heavy atom. The molecule has 0 amide bonds. The van der Waals surface area contributed by atoms with Gasteiger partial charge >= 0.3 is 10.1 Å². The molecule has 7 heteroatoms. The topological polar surface area (TPSA) is 55.8 Å². The lowest BCUT2D eigenvalue weighted by Gasteiger charge is -2.16. The summed E-state index contributed by atoms with van der Waals surface area (Å²) in [4.78, 5) is 1.94. The predicted molar refractivity (Wildman–Crippen MR) is 99.9 cm³/mol. The Labute approximate surface area is 154 Å². The summed E-state index contributed by atoms with van der Waals surface area (Å²) in [5.41, 5.74) is 0. The van der Waals surface area contributed by atoms with Gasteiger partial charge in [0.1, 0.15) is 11.5 Å². The van der Waals surface area contributed by atoms with Crippen molar-refractivity contribution in [3.05, 3.63) is 59.6 Å². The van der Waals surface area contributed by atoms with Gasteiger partial charge in [0.05, 0.1) is 12.4 Å². The lowest BCUT2D eigenvalue weighted by atomic mass is 10.3. The summed E-state index contributed by atoms with van der Waals surface area (Å²) in [6.07, 6.45) is 0.790. The molecule has 136 valence electrons. The molecule has 2 aromatic carbocycles. The average Bonchev–Trinajstić information content (AvgIpc) is 2.59. The highest BCUT2D eigenvalue weighted by Gasteiger charge is 2.14. The first-order valence-electron chi connectivity index (χ1n) is 7.99. The number of nitrogens with zero attached hydrogens (tertiary/aromatic N) is 1. The molecule has 0 aliphatic carbocycles. The summed E-state index contributed by atoms with van der Waals surface area (Å²) >= 11 is 5.82. The van der Waals surface area contributed by atoms with Crippen LogP contribution in [-0.2, 0) is 10.1 Å². The number of para-hydroxylation sites is 1. The Morgan fingerprint density at radius 3 is 2.32 bits per heavy atom. The molecule has 0 radical (unpaired) electrons. The number of benzene rings is 2. The Kier molecular flexibility index (Phi) is 7.55. The first kappa shape index (κ1) is 19.6. The number of rotatable bonds is 10. The standard InChI is InChI=1S/C18H22ClNO4S/c1-20(12-5-14-23-17-10-8-16(19)9-11-17)13-15-25(21,22)24-18-6-3-2-4-7-18/h2-4,6-11H,5,12-15H2,1H3. The zero-order valence-electron chi connectivity index (χ0n) is 14.1. The molecule has 0 aromatic heterocycles. The second kappa shape index (κ2) is 9.65. The van der Waals surface area contributed by atoms with Gasteiger partial charge in [0.25, 0.3) is 0 Å². The molecule has 0 N–H and O–H groups in total. The highest BCUT2D eigenvalue weighted by atomic mass is 35.5. The number of hydrogen-bond donors (Lipinski definition) is 0. The van der Waals surface area contributed by atoms with Crippen molar-refractivity contribution in [2.45, 2.75) is 6.42 Å². The van der Waals surface area contributed by atoms with Gasteiger partial charge in [-0.05, 0) is 49.9 Å². The maximum absolute atomic E-state index is 12.0. The van der Waals surface area contributed by atoms with Gasteiger partial charge < -0.3 is 13.8 Å². The Morgan fingerprint density at radius 1 is 0.960 bits per heavy atom. The van der Waals surface area contributed by atoms with Crippen molar-refractivity contribution in [3.63, 3.8) is 0 Å². The maximum Gasteiger partial charge on any atom is 0.310 e. The lowest BCUT2D eigenvalue weighted by Crippen LogP contribution is -2.29. The third-order valence-electron chi connectivity index (χ3n) is 3.46. The lowest BCUT2D eigenvalue weighted by molar-refractivity contribution is 0.268. The number of hydrogen-bond acceptors (Lipinski definition) is 5. The van der Waals surface area contributed by atoms with E-state index in [2.05, 4.69) is 0 Å². The summed E-state index contributed by atoms with van der Waals surface area (Å²) in [5.74, 6) is 1.04. The molecule has 0 unspecified atom stereocenters. The van der Waals surface area contributed by atoms with E-state index in [0.717, 1.165) is 18.7 Å². The first-order chi connectivity index (χ1) is 11.9. The van der Waals surface area contributed by atoms with Gasteiger partial charge in [-0.3, -0.25) is 0 Å². The molecular formula is C18H22ClNO4S. The van der Waals surface area contributed by atoms with E-state index in [1.165, 1.54) is 0 Å². The maximum atomic E-state index is 12.0. The van der Waals surface area contributed by atoms with Crippen LogP contribution in [0, 0.1) is 0 Å². The third kappa shape index (κ3) is 7.77. The third-order valence-corrected chi connectivity index (χ3v) is 4.84. The fourth-order valence-corrected chi connectivity index (χ4v) is 3.25. The fraction of sp³-hybridized carbons (Fsp3) is 0.333. The van der Waals surface area contributed by atoms with Gasteiger partial charge in [0, 0.05) is 18.1 Å². The average molecular weight is 384 g/mol. The second-order valence-electron chi connectivity index (χ2n) is 5.62. The fourth-order valence-electron chi connectivity index (χ4n) is 2.10. The molecule has 0 atom stereocenters. The summed E-state index contributed by atoms with van der Waals surface area (Å²) in [7, 11) is -1.72. The highest BCUT2D eigenvalue weighted by Crippen LogP contribution is 2.15. The van der Waals surface area contributed by atoms with Crippen LogP contribution >= 0.6 is 11.6 Å². The number of ether oxygens (including phenoxy) is 1. The van der Waals surface area contributed by atoms with Crippen LogP contribution in [0.15, 0.2) is 54.6 Å². The SMILES string of the molecule is CN(CCCOc1ccc(Cl)cc1)CCS(=O)(=O)Oc1ccccc1.